The van der Waals surface area contributed by atoms with Crippen molar-refractivity contribution < 1.29 is 14.3 Å². The molecule has 1 saturated heterocycles. The lowest BCUT2D eigenvalue weighted by Gasteiger charge is -2.22. The second-order valence-electron chi connectivity index (χ2n) is 7.28. The fourth-order valence-corrected chi connectivity index (χ4v) is 3.95. The molecule has 0 aromatic heterocycles. The SMILES string of the molecule is C[C@@H](CN1CC[C@@H](c2ccccc2)C1)C(=O)c1ccc2c(c1)OCCO2. The van der Waals surface area contributed by atoms with E-state index in [4.69, 9.17) is 9.47 Å². The number of nitrogens with zero attached hydrogens (tertiary/aromatic N) is 1. The second-order valence-corrected chi connectivity index (χ2v) is 7.28. The molecule has 4 rings (SSSR count). The van der Waals surface area contributed by atoms with E-state index >= 15 is 0 Å². The molecule has 0 aliphatic carbocycles. The molecule has 0 unspecified atom stereocenters. The average molecular weight is 351 g/mol. The van der Waals surface area contributed by atoms with Gasteiger partial charge >= 0.3 is 0 Å². The van der Waals surface area contributed by atoms with Gasteiger partial charge in [0.1, 0.15) is 13.2 Å². The molecule has 0 saturated carbocycles. The molecule has 2 aromatic rings. The lowest BCUT2D eigenvalue weighted by Crippen LogP contribution is -2.30. The average Bonchev–Trinajstić information content (AvgIpc) is 3.16. The molecule has 0 amide bonds. The predicted octanol–water partition coefficient (Wildman–Crippen LogP) is 3.77. The molecule has 0 spiro atoms. The predicted molar refractivity (Wildman–Crippen MR) is 101 cm³/mol. The number of fused-ring (bicyclic) bond motifs is 1. The minimum Gasteiger partial charge on any atom is -0.486 e. The molecule has 4 nitrogen and oxygen atoms in total. The highest BCUT2D eigenvalue weighted by atomic mass is 16.6. The van der Waals surface area contributed by atoms with Crippen LogP contribution in [0.5, 0.6) is 11.5 Å². The number of carbonyl (C=O) groups excluding carboxylic acids is 1. The number of hydrogen-bond donors (Lipinski definition) is 0. The van der Waals surface area contributed by atoms with Crippen LogP contribution in [0.15, 0.2) is 48.5 Å². The molecule has 1 fully saturated rings. The summed E-state index contributed by atoms with van der Waals surface area (Å²) in [6.45, 7) is 6.01. The van der Waals surface area contributed by atoms with Gasteiger partial charge in [-0.3, -0.25) is 4.79 Å². The Labute approximate surface area is 154 Å². The first-order valence-electron chi connectivity index (χ1n) is 9.42. The van der Waals surface area contributed by atoms with Crippen LogP contribution < -0.4 is 9.47 Å². The molecule has 136 valence electrons. The Morgan fingerprint density at radius 1 is 1.12 bits per heavy atom. The van der Waals surface area contributed by atoms with Gasteiger partial charge in [-0.2, -0.15) is 0 Å². The van der Waals surface area contributed by atoms with Gasteiger partial charge in [-0.25, -0.2) is 0 Å². The van der Waals surface area contributed by atoms with Crippen LogP contribution >= 0.6 is 0 Å². The van der Waals surface area contributed by atoms with Gasteiger partial charge in [0.15, 0.2) is 17.3 Å². The Morgan fingerprint density at radius 3 is 2.69 bits per heavy atom. The lowest BCUT2D eigenvalue weighted by atomic mass is 9.97. The molecule has 2 atom stereocenters. The molecule has 4 heteroatoms. The second kappa shape index (κ2) is 7.50. The zero-order chi connectivity index (χ0) is 17.9. The first kappa shape index (κ1) is 17.1. The highest BCUT2D eigenvalue weighted by molar-refractivity contribution is 5.98. The number of rotatable bonds is 5. The van der Waals surface area contributed by atoms with Crippen molar-refractivity contribution in [2.24, 2.45) is 5.92 Å². The zero-order valence-corrected chi connectivity index (χ0v) is 15.2. The number of benzene rings is 2. The van der Waals surface area contributed by atoms with Crippen molar-refractivity contribution in [2.45, 2.75) is 19.3 Å². The van der Waals surface area contributed by atoms with E-state index in [1.165, 1.54) is 5.56 Å². The van der Waals surface area contributed by atoms with Gasteiger partial charge in [-0.05, 0) is 42.6 Å². The fraction of sp³-hybridized carbons (Fsp3) is 0.409. The van der Waals surface area contributed by atoms with Crippen LogP contribution in [0.1, 0.15) is 35.2 Å². The van der Waals surface area contributed by atoms with Gasteiger partial charge in [0.05, 0.1) is 0 Å². The summed E-state index contributed by atoms with van der Waals surface area (Å²) in [6, 6.07) is 16.2. The first-order valence-corrected chi connectivity index (χ1v) is 9.42. The monoisotopic (exact) mass is 351 g/mol. The van der Waals surface area contributed by atoms with Crippen LogP contribution in [0, 0.1) is 5.92 Å². The van der Waals surface area contributed by atoms with Crippen molar-refractivity contribution in [1.82, 2.24) is 4.90 Å². The molecule has 26 heavy (non-hydrogen) atoms. The molecule has 0 radical (unpaired) electrons. The van der Waals surface area contributed by atoms with E-state index in [0.29, 0.717) is 30.4 Å². The quantitative estimate of drug-likeness (QED) is 0.769. The van der Waals surface area contributed by atoms with Crippen LogP contribution in [-0.2, 0) is 0 Å². The minimum absolute atomic E-state index is 0.0351. The summed E-state index contributed by atoms with van der Waals surface area (Å²) in [7, 11) is 0. The molecule has 2 aromatic carbocycles. The molecule has 0 N–H and O–H groups in total. The summed E-state index contributed by atoms with van der Waals surface area (Å²) in [5, 5.41) is 0. The zero-order valence-electron chi connectivity index (χ0n) is 15.2. The summed E-state index contributed by atoms with van der Waals surface area (Å²) in [6.07, 6.45) is 1.16. The summed E-state index contributed by atoms with van der Waals surface area (Å²) in [5.74, 6) is 2.12. The van der Waals surface area contributed by atoms with Gasteiger partial charge in [0.25, 0.3) is 0 Å². The topological polar surface area (TPSA) is 38.8 Å². The maximum Gasteiger partial charge on any atom is 0.167 e. The van der Waals surface area contributed by atoms with Crippen molar-refractivity contribution in [3.05, 3.63) is 59.7 Å². The van der Waals surface area contributed by atoms with E-state index in [-0.39, 0.29) is 11.7 Å². The van der Waals surface area contributed by atoms with E-state index in [1.807, 2.05) is 25.1 Å². The largest absolute Gasteiger partial charge is 0.486 e. The molecular weight excluding hydrogens is 326 g/mol. The van der Waals surface area contributed by atoms with Gasteiger partial charge in [0.2, 0.25) is 0 Å². The third kappa shape index (κ3) is 3.61. The highest BCUT2D eigenvalue weighted by Gasteiger charge is 2.27. The number of carbonyl (C=O) groups is 1. The van der Waals surface area contributed by atoms with Crippen LogP contribution in [0.3, 0.4) is 0 Å². The lowest BCUT2D eigenvalue weighted by molar-refractivity contribution is 0.0901. The van der Waals surface area contributed by atoms with Crippen molar-refractivity contribution in [1.29, 1.82) is 0 Å². The van der Waals surface area contributed by atoms with Gasteiger partial charge in [-0.15, -0.1) is 0 Å². The van der Waals surface area contributed by atoms with Crippen molar-refractivity contribution in [2.75, 3.05) is 32.8 Å². The molecule has 2 aliphatic heterocycles. The van der Waals surface area contributed by atoms with Gasteiger partial charge in [-0.1, -0.05) is 37.3 Å². The van der Waals surface area contributed by atoms with Crippen LogP contribution in [0.25, 0.3) is 0 Å². The van der Waals surface area contributed by atoms with Crippen LogP contribution in [-0.4, -0.2) is 43.5 Å². The van der Waals surface area contributed by atoms with E-state index in [9.17, 15) is 4.79 Å². The van der Waals surface area contributed by atoms with E-state index in [1.54, 1.807) is 0 Å². The van der Waals surface area contributed by atoms with Crippen LogP contribution in [0.4, 0.5) is 0 Å². The summed E-state index contributed by atoms with van der Waals surface area (Å²) >= 11 is 0. The van der Waals surface area contributed by atoms with Gasteiger partial charge < -0.3 is 14.4 Å². The number of ether oxygens (including phenoxy) is 2. The summed E-state index contributed by atoms with van der Waals surface area (Å²) < 4.78 is 11.1. The Bertz CT molecular complexity index is 774. The third-order valence-corrected chi connectivity index (χ3v) is 5.35. The smallest absolute Gasteiger partial charge is 0.167 e. The van der Waals surface area contributed by atoms with E-state index in [2.05, 4.69) is 35.2 Å². The normalized spacial score (nSPS) is 20.7. The Hall–Kier alpha value is -2.33. The molecule has 2 aliphatic rings. The fourth-order valence-electron chi connectivity index (χ4n) is 3.95. The molecule has 2 heterocycles. The molecule has 0 bridgehead atoms. The Balaban J connectivity index is 1.37. The maximum atomic E-state index is 12.8. The van der Waals surface area contributed by atoms with Crippen LogP contribution in [0.2, 0.25) is 0 Å². The summed E-state index contributed by atoms with van der Waals surface area (Å²) in [5.41, 5.74) is 2.11. The highest BCUT2D eigenvalue weighted by Crippen LogP contribution is 2.32. The van der Waals surface area contributed by atoms with Crippen molar-refractivity contribution in [3.63, 3.8) is 0 Å². The number of hydrogen-bond acceptors (Lipinski definition) is 4. The number of Topliss-reactive ketones (excluding diaryl/α,β-unsaturated/α-hetero) is 1. The summed E-state index contributed by atoms with van der Waals surface area (Å²) in [4.78, 5) is 15.3. The number of likely N-dealkylation sites (tertiary alicyclic amines) is 1. The Kier molecular flexibility index (Phi) is 4.93. The van der Waals surface area contributed by atoms with E-state index < -0.39 is 0 Å². The maximum absolute atomic E-state index is 12.8. The number of ketones is 1. The van der Waals surface area contributed by atoms with Crippen molar-refractivity contribution in [3.8, 4) is 11.5 Å². The van der Waals surface area contributed by atoms with Gasteiger partial charge in [0, 0.05) is 24.6 Å². The standard InChI is InChI=1S/C22H25NO3/c1-16(14-23-10-9-19(15-23)17-5-3-2-4-6-17)22(24)18-7-8-20-21(13-18)26-12-11-25-20/h2-8,13,16,19H,9-12,14-15H2,1H3/t16-,19+/m0/s1. The van der Waals surface area contributed by atoms with Crippen molar-refractivity contribution >= 4 is 5.78 Å². The first-order chi connectivity index (χ1) is 12.7. The minimum atomic E-state index is -0.0351. The third-order valence-electron chi connectivity index (χ3n) is 5.35. The molecular formula is C22H25NO3. The Morgan fingerprint density at radius 2 is 1.88 bits per heavy atom. The van der Waals surface area contributed by atoms with E-state index in [0.717, 1.165) is 31.8 Å².